The van der Waals surface area contributed by atoms with Crippen LogP contribution in [0.15, 0.2) is 23.1 Å². The van der Waals surface area contributed by atoms with E-state index in [1.165, 1.54) is 13.0 Å². The number of hydrogen-bond acceptors (Lipinski definition) is 2. The third-order valence-corrected chi connectivity index (χ3v) is 2.71. The Hall–Kier alpha value is 0.733. The van der Waals surface area contributed by atoms with E-state index in [2.05, 4.69) is 12.6 Å². The molecule has 0 N–H and O–H groups in total. The minimum atomic E-state index is -1.55. The van der Waals surface area contributed by atoms with Crippen molar-refractivity contribution in [1.29, 1.82) is 0 Å². The number of carbonyl (C=O) groups excluding carboxylic acids is 1. The molecule has 0 bridgehead atoms. The van der Waals surface area contributed by atoms with E-state index >= 15 is 0 Å². The summed E-state index contributed by atoms with van der Waals surface area (Å²) in [6.45, 7) is 1.45. The van der Waals surface area contributed by atoms with Crippen LogP contribution in [0.3, 0.4) is 0 Å². The number of carbonyl (C=O) groups is 1. The maximum atomic E-state index is 11.1. The number of Topliss-reactive ketones (excluding diaryl/α,β-unsaturated/α-hetero) is 1. The standard InChI is InChI=1S/C9H7Cl3OS.Zn/c1-5(13)6-2-3-8(14)7(4-6)9(10,11)12;/h2-4,14H,1H3;. The maximum absolute atomic E-state index is 11.1. The molecule has 0 saturated heterocycles. The van der Waals surface area contributed by atoms with Gasteiger partial charge >= 0.3 is 0 Å². The molecule has 0 aliphatic carbocycles. The average Bonchev–Trinajstić information content (AvgIpc) is 2.02. The first-order valence-electron chi connectivity index (χ1n) is 3.73. The number of alkyl halides is 3. The summed E-state index contributed by atoms with van der Waals surface area (Å²) in [6.07, 6.45) is 0. The van der Waals surface area contributed by atoms with Gasteiger partial charge in [0.15, 0.2) is 5.78 Å². The largest absolute Gasteiger partial charge is 0.295 e. The molecule has 0 aliphatic heterocycles. The van der Waals surface area contributed by atoms with Crippen molar-refractivity contribution in [3.63, 3.8) is 0 Å². The minimum absolute atomic E-state index is 0. The predicted octanol–water partition coefficient (Wildman–Crippen LogP) is 4.00. The number of rotatable bonds is 1. The number of thiol groups is 1. The van der Waals surface area contributed by atoms with Gasteiger partial charge in [-0.3, -0.25) is 4.79 Å². The molecule has 6 heteroatoms. The maximum Gasteiger partial charge on any atom is 0.217 e. The third kappa shape index (κ3) is 4.24. The fourth-order valence-electron chi connectivity index (χ4n) is 0.982. The molecule has 1 rings (SSSR count). The van der Waals surface area contributed by atoms with Gasteiger partial charge in [0.1, 0.15) is 0 Å². The molecule has 1 aromatic rings. The molecular weight excluding hydrogens is 328 g/mol. The fraction of sp³-hybridized carbons (Fsp3) is 0.222. The molecule has 1 nitrogen and oxygen atoms in total. The molecule has 0 radical (unpaired) electrons. The number of hydrogen-bond donors (Lipinski definition) is 1. The van der Waals surface area contributed by atoms with Crippen LogP contribution in [0.25, 0.3) is 0 Å². The van der Waals surface area contributed by atoms with Crippen molar-refractivity contribution in [2.45, 2.75) is 15.6 Å². The topological polar surface area (TPSA) is 17.1 Å². The van der Waals surface area contributed by atoms with Crippen LogP contribution in [0.4, 0.5) is 0 Å². The van der Waals surface area contributed by atoms with Gasteiger partial charge in [0.25, 0.3) is 0 Å². The predicted molar refractivity (Wildman–Crippen MR) is 62.9 cm³/mol. The summed E-state index contributed by atoms with van der Waals surface area (Å²) < 4.78 is -1.55. The van der Waals surface area contributed by atoms with Crippen molar-refractivity contribution >= 4 is 53.2 Å². The first-order chi connectivity index (χ1) is 6.32. The van der Waals surface area contributed by atoms with Crippen molar-refractivity contribution in [3.05, 3.63) is 29.3 Å². The Labute approximate surface area is 122 Å². The Bertz CT molecular complexity index is 376. The molecular formula is C9H7Cl3OSZn. The molecule has 0 spiro atoms. The van der Waals surface area contributed by atoms with E-state index < -0.39 is 3.79 Å². The van der Waals surface area contributed by atoms with E-state index in [1.807, 2.05) is 0 Å². The third-order valence-electron chi connectivity index (χ3n) is 1.71. The summed E-state index contributed by atoms with van der Waals surface area (Å²) in [5.41, 5.74) is 0.919. The van der Waals surface area contributed by atoms with Gasteiger partial charge in [-0.25, -0.2) is 0 Å². The fourth-order valence-corrected chi connectivity index (χ4v) is 1.96. The Kier molecular flexibility index (Phi) is 6.17. The van der Waals surface area contributed by atoms with Gasteiger partial charge in [0, 0.05) is 35.5 Å². The van der Waals surface area contributed by atoms with Gasteiger partial charge in [-0.05, 0) is 19.1 Å². The molecule has 0 fully saturated rings. The Morgan fingerprint density at radius 3 is 2.27 bits per heavy atom. The van der Waals surface area contributed by atoms with Crippen molar-refractivity contribution in [2.24, 2.45) is 0 Å². The minimum Gasteiger partial charge on any atom is -0.295 e. The SMILES string of the molecule is CC(=O)c1ccc(S)c(C(Cl)(Cl)Cl)c1.[Zn]. The Morgan fingerprint density at radius 2 is 1.87 bits per heavy atom. The zero-order chi connectivity index (χ0) is 10.9. The summed E-state index contributed by atoms with van der Waals surface area (Å²) in [5.74, 6) is -0.0752. The van der Waals surface area contributed by atoms with Gasteiger partial charge in [-0.15, -0.1) is 12.6 Å². The van der Waals surface area contributed by atoms with Crippen LogP contribution in [0.1, 0.15) is 22.8 Å². The molecule has 15 heavy (non-hydrogen) atoms. The molecule has 0 saturated carbocycles. The zero-order valence-electron chi connectivity index (χ0n) is 7.93. The van der Waals surface area contributed by atoms with Crippen molar-refractivity contribution < 1.29 is 24.3 Å². The van der Waals surface area contributed by atoms with Crippen LogP contribution in [-0.2, 0) is 23.3 Å². The monoisotopic (exact) mass is 332 g/mol. The smallest absolute Gasteiger partial charge is 0.217 e. The number of benzene rings is 1. The van der Waals surface area contributed by atoms with E-state index in [0.29, 0.717) is 16.0 Å². The molecule has 0 heterocycles. The average molecular weight is 335 g/mol. The normalized spacial score (nSPS) is 10.7. The second-order valence-corrected chi connectivity index (χ2v) is 5.55. The van der Waals surface area contributed by atoms with Crippen molar-refractivity contribution in [3.8, 4) is 0 Å². The van der Waals surface area contributed by atoms with Gasteiger partial charge in [0.05, 0.1) is 0 Å². The van der Waals surface area contributed by atoms with Crippen LogP contribution in [0.5, 0.6) is 0 Å². The summed E-state index contributed by atoms with van der Waals surface area (Å²) in [6, 6.07) is 4.82. The molecule has 0 atom stereocenters. The van der Waals surface area contributed by atoms with Crippen molar-refractivity contribution in [1.82, 2.24) is 0 Å². The van der Waals surface area contributed by atoms with E-state index in [1.54, 1.807) is 12.1 Å². The number of halogens is 3. The Morgan fingerprint density at radius 1 is 1.33 bits per heavy atom. The Balaban J connectivity index is 0.00000196. The summed E-state index contributed by atoms with van der Waals surface area (Å²) in [4.78, 5) is 11.6. The van der Waals surface area contributed by atoms with Crippen LogP contribution >= 0.6 is 47.4 Å². The quantitative estimate of drug-likeness (QED) is 0.355. The van der Waals surface area contributed by atoms with Gasteiger partial charge < -0.3 is 0 Å². The molecule has 0 unspecified atom stereocenters. The van der Waals surface area contributed by atoms with Crippen molar-refractivity contribution in [2.75, 3.05) is 0 Å². The summed E-state index contributed by atoms with van der Waals surface area (Å²) >= 11 is 21.3. The van der Waals surface area contributed by atoms with E-state index in [9.17, 15) is 4.79 Å². The number of ketones is 1. The van der Waals surface area contributed by atoms with Gasteiger partial charge in [0.2, 0.25) is 3.79 Å². The molecule has 0 aromatic heterocycles. The van der Waals surface area contributed by atoms with Crippen LogP contribution in [-0.4, -0.2) is 5.78 Å². The summed E-state index contributed by atoms with van der Waals surface area (Å²) in [7, 11) is 0. The van der Waals surface area contributed by atoms with Crippen LogP contribution < -0.4 is 0 Å². The van der Waals surface area contributed by atoms with Gasteiger partial charge in [-0.2, -0.15) is 0 Å². The van der Waals surface area contributed by atoms with E-state index in [0.717, 1.165) is 0 Å². The van der Waals surface area contributed by atoms with E-state index in [-0.39, 0.29) is 25.3 Å². The molecule has 0 amide bonds. The molecule has 1 aromatic carbocycles. The second-order valence-electron chi connectivity index (χ2n) is 2.79. The first kappa shape index (κ1) is 15.7. The zero-order valence-corrected chi connectivity index (χ0v) is 14.1. The molecule has 0 aliphatic rings. The van der Waals surface area contributed by atoms with Crippen LogP contribution in [0, 0.1) is 0 Å². The summed E-state index contributed by atoms with van der Waals surface area (Å²) in [5, 5.41) is 0. The van der Waals surface area contributed by atoms with E-state index in [4.69, 9.17) is 34.8 Å². The van der Waals surface area contributed by atoms with Gasteiger partial charge in [-0.1, -0.05) is 40.9 Å². The first-order valence-corrected chi connectivity index (χ1v) is 5.31. The van der Waals surface area contributed by atoms with Crippen LogP contribution in [0.2, 0.25) is 0 Å². The molecule has 78 valence electrons. The second kappa shape index (κ2) is 5.88.